The van der Waals surface area contributed by atoms with E-state index < -0.39 is 0 Å². The van der Waals surface area contributed by atoms with E-state index in [0.717, 1.165) is 35.8 Å². The second-order valence-corrected chi connectivity index (χ2v) is 4.74. The van der Waals surface area contributed by atoms with Gasteiger partial charge in [0.1, 0.15) is 11.5 Å². The van der Waals surface area contributed by atoms with Crippen molar-refractivity contribution in [3.05, 3.63) is 41.2 Å². The summed E-state index contributed by atoms with van der Waals surface area (Å²) in [6.07, 6.45) is 2.04. The molecule has 5 nitrogen and oxygen atoms in total. The van der Waals surface area contributed by atoms with E-state index in [4.69, 9.17) is 9.47 Å². The maximum Gasteiger partial charge on any atom is 0.122 e. The van der Waals surface area contributed by atoms with Crippen molar-refractivity contribution in [2.75, 3.05) is 14.2 Å². The predicted octanol–water partition coefficient (Wildman–Crippen LogP) is 2.04. The van der Waals surface area contributed by atoms with Crippen molar-refractivity contribution in [3.8, 4) is 11.5 Å². The highest BCUT2D eigenvalue weighted by Gasteiger charge is 2.04. The molecule has 1 aromatic heterocycles. The molecule has 108 valence electrons. The van der Waals surface area contributed by atoms with Crippen LogP contribution in [0.4, 0.5) is 0 Å². The number of nitrogens with zero attached hydrogens (tertiary/aromatic N) is 2. The Bertz CT molecular complexity index is 556. The summed E-state index contributed by atoms with van der Waals surface area (Å²) in [5, 5.41) is 7.74. The Morgan fingerprint density at radius 1 is 1.10 bits per heavy atom. The third kappa shape index (κ3) is 3.51. The SMILES string of the molecule is COc1cc(CNCc2cn(C)nc2C)cc(OC)c1. The molecule has 1 heterocycles. The van der Waals surface area contributed by atoms with Crippen LogP contribution in [-0.4, -0.2) is 24.0 Å². The van der Waals surface area contributed by atoms with Crippen LogP contribution < -0.4 is 14.8 Å². The lowest BCUT2D eigenvalue weighted by atomic mass is 10.2. The Labute approximate surface area is 119 Å². The number of ether oxygens (including phenoxy) is 2. The molecule has 1 N–H and O–H groups in total. The normalized spacial score (nSPS) is 10.6. The minimum atomic E-state index is 0.752. The van der Waals surface area contributed by atoms with E-state index in [1.807, 2.05) is 43.0 Å². The van der Waals surface area contributed by atoms with Gasteiger partial charge >= 0.3 is 0 Å². The van der Waals surface area contributed by atoms with Gasteiger partial charge in [0.2, 0.25) is 0 Å². The first-order chi connectivity index (χ1) is 9.62. The maximum atomic E-state index is 5.26. The Kier molecular flexibility index (Phi) is 4.63. The zero-order valence-electron chi connectivity index (χ0n) is 12.4. The van der Waals surface area contributed by atoms with Crippen LogP contribution in [0, 0.1) is 6.92 Å². The van der Waals surface area contributed by atoms with Crippen LogP contribution in [0.25, 0.3) is 0 Å². The van der Waals surface area contributed by atoms with Gasteiger partial charge in [-0.1, -0.05) is 0 Å². The second kappa shape index (κ2) is 6.43. The van der Waals surface area contributed by atoms with Crippen molar-refractivity contribution in [1.82, 2.24) is 15.1 Å². The summed E-state index contributed by atoms with van der Waals surface area (Å²) in [6.45, 7) is 3.56. The number of methoxy groups -OCH3 is 2. The van der Waals surface area contributed by atoms with Crippen LogP contribution >= 0.6 is 0 Å². The highest BCUT2D eigenvalue weighted by atomic mass is 16.5. The van der Waals surface area contributed by atoms with Gasteiger partial charge in [-0.2, -0.15) is 5.10 Å². The van der Waals surface area contributed by atoms with E-state index in [-0.39, 0.29) is 0 Å². The van der Waals surface area contributed by atoms with Crippen LogP contribution in [-0.2, 0) is 20.1 Å². The summed E-state index contributed by atoms with van der Waals surface area (Å²) < 4.78 is 12.4. The molecule has 0 atom stereocenters. The molecule has 5 heteroatoms. The summed E-state index contributed by atoms with van der Waals surface area (Å²) in [4.78, 5) is 0. The lowest BCUT2D eigenvalue weighted by molar-refractivity contribution is 0.393. The van der Waals surface area contributed by atoms with E-state index in [2.05, 4.69) is 10.4 Å². The first-order valence-corrected chi connectivity index (χ1v) is 6.54. The standard InChI is InChI=1S/C15H21N3O2/c1-11-13(10-18(2)17-11)9-16-8-12-5-14(19-3)7-15(6-12)20-4/h5-7,10,16H,8-9H2,1-4H3. The van der Waals surface area contributed by atoms with Gasteiger partial charge < -0.3 is 14.8 Å². The fourth-order valence-corrected chi connectivity index (χ4v) is 2.13. The third-order valence-electron chi connectivity index (χ3n) is 3.17. The molecule has 0 aliphatic heterocycles. The highest BCUT2D eigenvalue weighted by molar-refractivity contribution is 5.38. The monoisotopic (exact) mass is 275 g/mol. The minimum absolute atomic E-state index is 0.752. The van der Waals surface area contributed by atoms with Crippen LogP contribution in [0.1, 0.15) is 16.8 Å². The molecule has 0 unspecified atom stereocenters. The fraction of sp³-hybridized carbons (Fsp3) is 0.400. The van der Waals surface area contributed by atoms with Crippen molar-refractivity contribution in [3.63, 3.8) is 0 Å². The Morgan fingerprint density at radius 2 is 1.75 bits per heavy atom. The highest BCUT2D eigenvalue weighted by Crippen LogP contribution is 2.22. The summed E-state index contributed by atoms with van der Waals surface area (Å²) in [7, 11) is 5.25. The topological polar surface area (TPSA) is 48.3 Å². The molecular formula is C15H21N3O2. The minimum Gasteiger partial charge on any atom is -0.497 e. The van der Waals surface area contributed by atoms with Crippen molar-refractivity contribution in [1.29, 1.82) is 0 Å². The van der Waals surface area contributed by atoms with Crippen molar-refractivity contribution >= 4 is 0 Å². The first kappa shape index (κ1) is 14.4. The summed E-state index contributed by atoms with van der Waals surface area (Å²) in [6, 6.07) is 5.88. The quantitative estimate of drug-likeness (QED) is 0.876. The van der Waals surface area contributed by atoms with Gasteiger partial charge in [0.15, 0.2) is 0 Å². The van der Waals surface area contributed by atoms with Crippen LogP contribution in [0.3, 0.4) is 0 Å². The molecule has 0 saturated carbocycles. The lowest BCUT2D eigenvalue weighted by Gasteiger charge is -2.09. The van der Waals surface area contributed by atoms with Crippen LogP contribution in [0.2, 0.25) is 0 Å². The van der Waals surface area contributed by atoms with Gasteiger partial charge in [0, 0.05) is 38.0 Å². The molecule has 0 bridgehead atoms. The third-order valence-corrected chi connectivity index (χ3v) is 3.17. The van der Waals surface area contributed by atoms with Crippen LogP contribution in [0.5, 0.6) is 11.5 Å². The van der Waals surface area contributed by atoms with E-state index >= 15 is 0 Å². The Balaban J connectivity index is 1.98. The summed E-state index contributed by atoms with van der Waals surface area (Å²) in [5.41, 5.74) is 3.40. The molecule has 0 spiro atoms. The fourth-order valence-electron chi connectivity index (χ4n) is 2.13. The zero-order valence-corrected chi connectivity index (χ0v) is 12.4. The van der Waals surface area contributed by atoms with Gasteiger partial charge in [-0.15, -0.1) is 0 Å². The molecule has 1 aromatic carbocycles. The lowest BCUT2D eigenvalue weighted by Crippen LogP contribution is -2.13. The molecule has 2 aromatic rings. The predicted molar refractivity (Wildman–Crippen MR) is 78.0 cm³/mol. The molecule has 20 heavy (non-hydrogen) atoms. The Morgan fingerprint density at radius 3 is 2.25 bits per heavy atom. The van der Waals surface area contributed by atoms with E-state index in [0.29, 0.717) is 0 Å². The van der Waals surface area contributed by atoms with Crippen molar-refractivity contribution in [2.24, 2.45) is 7.05 Å². The average molecular weight is 275 g/mol. The maximum absolute atomic E-state index is 5.26. The smallest absolute Gasteiger partial charge is 0.122 e. The number of benzene rings is 1. The largest absolute Gasteiger partial charge is 0.497 e. The molecule has 0 fully saturated rings. The molecule has 0 saturated heterocycles. The number of rotatable bonds is 6. The van der Waals surface area contributed by atoms with Gasteiger partial charge in [0.05, 0.1) is 19.9 Å². The zero-order chi connectivity index (χ0) is 14.5. The summed E-state index contributed by atoms with van der Waals surface area (Å²) in [5.74, 6) is 1.61. The number of aromatic nitrogens is 2. The van der Waals surface area contributed by atoms with Gasteiger partial charge in [-0.05, 0) is 24.6 Å². The molecule has 0 aliphatic rings. The molecule has 0 amide bonds. The first-order valence-electron chi connectivity index (χ1n) is 6.54. The number of hydrogen-bond acceptors (Lipinski definition) is 4. The van der Waals surface area contributed by atoms with Gasteiger partial charge in [0.25, 0.3) is 0 Å². The van der Waals surface area contributed by atoms with Gasteiger partial charge in [-0.3, -0.25) is 4.68 Å². The van der Waals surface area contributed by atoms with E-state index in [9.17, 15) is 0 Å². The average Bonchev–Trinajstić information content (AvgIpc) is 2.76. The van der Waals surface area contributed by atoms with E-state index in [1.54, 1.807) is 14.2 Å². The molecule has 0 radical (unpaired) electrons. The van der Waals surface area contributed by atoms with Crippen LogP contribution in [0.15, 0.2) is 24.4 Å². The number of hydrogen-bond donors (Lipinski definition) is 1. The Hall–Kier alpha value is -2.01. The van der Waals surface area contributed by atoms with Crippen molar-refractivity contribution in [2.45, 2.75) is 20.0 Å². The van der Waals surface area contributed by atoms with Crippen molar-refractivity contribution < 1.29 is 9.47 Å². The molecule has 0 aliphatic carbocycles. The molecule has 2 rings (SSSR count). The van der Waals surface area contributed by atoms with E-state index in [1.165, 1.54) is 5.56 Å². The summed E-state index contributed by atoms with van der Waals surface area (Å²) >= 11 is 0. The molecular weight excluding hydrogens is 254 g/mol. The second-order valence-electron chi connectivity index (χ2n) is 4.74. The number of aryl methyl sites for hydroxylation is 2. The number of nitrogens with one attached hydrogen (secondary N) is 1. The van der Waals surface area contributed by atoms with Gasteiger partial charge in [-0.25, -0.2) is 0 Å².